The first-order valence-corrected chi connectivity index (χ1v) is 12.3. The summed E-state index contributed by atoms with van der Waals surface area (Å²) >= 11 is 0. The lowest BCUT2D eigenvalue weighted by Crippen LogP contribution is -2.40. The fourth-order valence-corrected chi connectivity index (χ4v) is 5.81. The standard InChI is InChI=1S/C22H26FN3O5S/c1-3-4-9-25-19-6-5-17(32(29,30)14-22(13-23)7-8-22)11-18(19)20(27)26(21(25)28)12-16-10-15(2)24-31-16/h5-6,10-11H,3-4,7-9,12-14H2,1-2H3. The minimum Gasteiger partial charge on any atom is -0.359 e. The third-order valence-corrected chi connectivity index (χ3v) is 7.98. The van der Waals surface area contributed by atoms with E-state index < -0.39 is 33.2 Å². The first kappa shape index (κ1) is 22.4. The zero-order valence-electron chi connectivity index (χ0n) is 18.1. The Kier molecular flexibility index (Phi) is 5.83. The van der Waals surface area contributed by atoms with E-state index in [-0.39, 0.29) is 22.6 Å². The van der Waals surface area contributed by atoms with Gasteiger partial charge in [-0.1, -0.05) is 18.5 Å². The second-order valence-corrected chi connectivity index (χ2v) is 10.7. The van der Waals surface area contributed by atoms with Crippen LogP contribution in [0.15, 0.2) is 43.3 Å². The first-order valence-electron chi connectivity index (χ1n) is 10.7. The van der Waals surface area contributed by atoms with E-state index in [1.807, 2.05) is 6.92 Å². The Hall–Kier alpha value is -2.75. The van der Waals surface area contributed by atoms with Crippen molar-refractivity contribution in [3.63, 3.8) is 0 Å². The number of nitrogens with zero attached hydrogens (tertiary/aromatic N) is 3. The Morgan fingerprint density at radius 1 is 1.19 bits per heavy atom. The highest BCUT2D eigenvalue weighted by molar-refractivity contribution is 7.91. The second-order valence-electron chi connectivity index (χ2n) is 8.69. The van der Waals surface area contributed by atoms with E-state index in [1.165, 1.54) is 22.8 Å². The number of aromatic nitrogens is 3. The van der Waals surface area contributed by atoms with Gasteiger partial charge >= 0.3 is 5.69 Å². The van der Waals surface area contributed by atoms with Gasteiger partial charge in [-0.3, -0.25) is 18.3 Å². The molecule has 3 aromatic rings. The molecule has 172 valence electrons. The molecule has 4 rings (SSSR count). The van der Waals surface area contributed by atoms with Gasteiger partial charge in [-0.2, -0.15) is 0 Å². The van der Waals surface area contributed by atoms with Gasteiger partial charge in [-0.25, -0.2) is 13.2 Å². The topological polar surface area (TPSA) is 104 Å². The van der Waals surface area contributed by atoms with Gasteiger partial charge < -0.3 is 4.52 Å². The maximum Gasteiger partial charge on any atom is 0.331 e. The van der Waals surface area contributed by atoms with Crippen molar-refractivity contribution in [2.24, 2.45) is 5.41 Å². The molecule has 0 atom stereocenters. The monoisotopic (exact) mass is 463 g/mol. The Bertz CT molecular complexity index is 1380. The molecule has 2 aromatic heterocycles. The van der Waals surface area contributed by atoms with Crippen LogP contribution < -0.4 is 11.2 Å². The van der Waals surface area contributed by atoms with Crippen LogP contribution >= 0.6 is 0 Å². The second kappa shape index (κ2) is 8.31. The van der Waals surface area contributed by atoms with Crippen molar-refractivity contribution in [2.45, 2.75) is 57.5 Å². The molecule has 0 radical (unpaired) electrons. The minimum absolute atomic E-state index is 0.0374. The predicted molar refractivity (Wildman–Crippen MR) is 117 cm³/mol. The zero-order valence-corrected chi connectivity index (χ0v) is 19.0. The van der Waals surface area contributed by atoms with Gasteiger partial charge in [0.1, 0.15) is 0 Å². The Morgan fingerprint density at radius 3 is 2.53 bits per heavy atom. The van der Waals surface area contributed by atoms with E-state index in [0.29, 0.717) is 42.8 Å². The van der Waals surface area contributed by atoms with E-state index in [9.17, 15) is 22.4 Å². The molecule has 1 aromatic carbocycles. The van der Waals surface area contributed by atoms with Crippen LogP contribution in [0, 0.1) is 12.3 Å². The third kappa shape index (κ3) is 4.15. The molecule has 8 nitrogen and oxygen atoms in total. The molecule has 2 heterocycles. The van der Waals surface area contributed by atoms with Crippen molar-refractivity contribution >= 4 is 20.7 Å². The number of sulfone groups is 1. The number of unbranched alkanes of at least 4 members (excludes halogenated alkanes) is 1. The molecular formula is C22H26FN3O5S. The molecule has 1 aliphatic rings. The lowest BCUT2D eigenvalue weighted by molar-refractivity contribution is 0.366. The maximum absolute atomic E-state index is 13.3. The van der Waals surface area contributed by atoms with E-state index in [2.05, 4.69) is 5.16 Å². The van der Waals surface area contributed by atoms with Crippen LogP contribution in [0.1, 0.15) is 44.1 Å². The molecule has 1 fully saturated rings. The molecule has 0 bridgehead atoms. The van der Waals surface area contributed by atoms with E-state index in [1.54, 1.807) is 13.0 Å². The number of aryl methyl sites for hydroxylation is 2. The van der Waals surface area contributed by atoms with Crippen molar-refractivity contribution in [1.29, 1.82) is 0 Å². The van der Waals surface area contributed by atoms with Gasteiger partial charge in [0.15, 0.2) is 15.6 Å². The maximum atomic E-state index is 13.3. The van der Waals surface area contributed by atoms with E-state index in [0.717, 1.165) is 11.0 Å². The minimum atomic E-state index is -3.79. The summed E-state index contributed by atoms with van der Waals surface area (Å²) in [6, 6.07) is 5.85. The third-order valence-electron chi connectivity index (χ3n) is 6.02. The van der Waals surface area contributed by atoms with Crippen LogP contribution in [0.25, 0.3) is 10.9 Å². The van der Waals surface area contributed by atoms with E-state index >= 15 is 0 Å². The largest absolute Gasteiger partial charge is 0.359 e. The summed E-state index contributed by atoms with van der Waals surface area (Å²) in [5.41, 5.74) is -0.900. The highest BCUT2D eigenvalue weighted by Gasteiger charge is 2.46. The summed E-state index contributed by atoms with van der Waals surface area (Å²) in [7, 11) is -3.79. The van der Waals surface area contributed by atoms with Crippen LogP contribution in [0.2, 0.25) is 0 Å². The first-order chi connectivity index (χ1) is 15.2. The lowest BCUT2D eigenvalue weighted by Gasteiger charge is -2.15. The smallest absolute Gasteiger partial charge is 0.331 e. The van der Waals surface area contributed by atoms with Gasteiger partial charge in [0.05, 0.1) is 40.5 Å². The molecule has 10 heteroatoms. The molecule has 1 saturated carbocycles. The fraction of sp³-hybridized carbons (Fsp3) is 0.500. The van der Waals surface area contributed by atoms with Crippen molar-refractivity contribution < 1.29 is 17.3 Å². The van der Waals surface area contributed by atoms with Crippen LogP contribution in [0.4, 0.5) is 4.39 Å². The lowest BCUT2D eigenvalue weighted by atomic mass is 10.2. The van der Waals surface area contributed by atoms with Gasteiger partial charge in [-0.05, 0) is 44.4 Å². The van der Waals surface area contributed by atoms with Crippen LogP contribution in [0.5, 0.6) is 0 Å². The average Bonchev–Trinajstić information content (AvgIpc) is 3.41. The SMILES string of the molecule is CCCCn1c(=O)n(Cc2cc(C)no2)c(=O)c2cc(S(=O)(=O)CC3(CF)CC3)ccc21. The number of hydrogen-bond acceptors (Lipinski definition) is 6. The van der Waals surface area contributed by atoms with Crippen molar-refractivity contribution in [1.82, 2.24) is 14.3 Å². The quantitative estimate of drug-likeness (QED) is 0.483. The molecule has 0 N–H and O–H groups in total. The van der Waals surface area contributed by atoms with Crippen LogP contribution in [0.3, 0.4) is 0 Å². The van der Waals surface area contributed by atoms with Gasteiger partial charge in [0.2, 0.25) is 0 Å². The molecular weight excluding hydrogens is 437 g/mol. The average molecular weight is 464 g/mol. The van der Waals surface area contributed by atoms with Crippen molar-refractivity contribution in [2.75, 3.05) is 12.4 Å². The molecule has 1 aliphatic carbocycles. The van der Waals surface area contributed by atoms with E-state index in [4.69, 9.17) is 4.52 Å². The molecule has 0 unspecified atom stereocenters. The number of halogens is 1. The summed E-state index contributed by atoms with van der Waals surface area (Å²) in [5.74, 6) is 0.0636. The van der Waals surface area contributed by atoms with Gasteiger partial charge in [0, 0.05) is 18.0 Å². The number of fused-ring (bicyclic) bond motifs is 1. The number of hydrogen-bond donors (Lipinski definition) is 0. The molecule has 0 aliphatic heterocycles. The van der Waals surface area contributed by atoms with Gasteiger partial charge in [-0.15, -0.1) is 0 Å². The van der Waals surface area contributed by atoms with Crippen LogP contribution in [-0.2, 0) is 22.9 Å². The zero-order chi connectivity index (χ0) is 23.1. The normalized spacial score (nSPS) is 15.3. The summed E-state index contributed by atoms with van der Waals surface area (Å²) in [6.45, 7) is 3.32. The Labute approximate surface area is 184 Å². The van der Waals surface area contributed by atoms with Gasteiger partial charge in [0.25, 0.3) is 5.56 Å². The number of benzene rings is 1. The summed E-state index contributed by atoms with van der Waals surface area (Å²) in [5, 5.41) is 3.92. The summed E-state index contributed by atoms with van der Waals surface area (Å²) in [6.07, 6.45) is 2.63. The molecule has 0 spiro atoms. The number of rotatable bonds is 9. The van der Waals surface area contributed by atoms with Crippen molar-refractivity contribution in [3.8, 4) is 0 Å². The predicted octanol–water partition coefficient (Wildman–Crippen LogP) is 2.83. The molecule has 0 saturated heterocycles. The Balaban J connectivity index is 1.87. The van der Waals surface area contributed by atoms with Crippen LogP contribution in [-0.4, -0.2) is 35.1 Å². The fourth-order valence-electron chi connectivity index (χ4n) is 3.89. The summed E-state index contributed by atoms with van der Waals surface area (Å²) in [4.78, 5) is 26.4. The molecule has 0 amide bonds. The highest BCUT2D eigenvalue weighted by atomic mass is 32.2. The number of alkyl halides is 1. The summed E-state index contributed by atoms with van der Waals surface area (Å²) < 4.78 is 46.9. The van der Waals surface area contributed by atoms with Crippen molar-refractivity contribution in [3.05, 3.63) is 56.6 Å². The Morgan fingerprint density at radius 2 is 1.94 bits per heavy atom. The highest BCUT2D eigenvalue weighted by Crippen LogP contribution is 2.47. The molecule has 32 heavy (non-hydrogen) atoms.